The second kappa shape index (κ2) is 6.31. The summed E-state index contributed by atoms with van der Waals surface area (Å²) in [5.74, 6) is 0.822. The van der Waals surface area contributed by atoms with Gasteiger partial charge in [0, 0.05) is 18.6 Å². The maximum atomic E-state index is 5.77. The smallest absolute Gasteiger partial charge is 0.157 e. The minimum absolute atomic E-state index is 0.362. The van der Waals surface area contributed by atoms with Gasteiger partial charge in [-0.2, -0.15) is 5.10 Å². The molecule has 0 spiro atoms. The minimum atomic E-state index is 0.362. The van der Waals surface area contributed by atoms with Crippen LogP contribution in [0.15, 0.2) is 36.7 Å². The lowest BCUT2D eigenvalue weighted by atomic mass is 10.1. The second-order valence-electron chi connectivity index (χ2n) is 6.01. The molecule has 0 atom stereocenters. The Morgan fingerprint density at radius 3 is 2.57 bits per heavy atom. The standard InChI is InChI=1S/C17H23N3O/c1-13(2)20-11-17(10-19-20)21-12-15-5-3-14(4-6-15)9-18-16-7-8-16/h3-6,10-11,13,16,18H,7-9,12H2,1-2H3. The molecule has 1 saturated carbocycles. The van der Waals surface area contributed by atoms with Crippen molar-refractivity contribution in [3.8, 4) is 5.75 Å². The van der Waals surface area contributed by atoms with E-state index in [1.165, 1.54) is 24.0 Å². The first-order valence-electron chi connectivity index (χ1n) is 7.69. The van der Waals surface area contributed by atoms with Crippen LogP contribution in [-0.2, 0) is 13.2 Å². The number of ether oxygens (including phenoxy) is 1. The SMILES string of the molecule is CC(C)n1cc(OCc2ccc(CNC3CC3)cc2)cn1. The van der Waals surface area contributed by atoms with Gasteiger partial charge in [0.2, 0.25) is 0 Å². The van der Waals surface area contributed by atoms with Crippen LogP contribution in [0.2, 0.25) is 0 Å². The van der Waals surface area contributed by atoms with E-state index in [-0.39, 0.29) is 0 Å². The summed E-state index contributed by atoms with van der Waals surface area (Å²) in [7, 11) is 0. The first-order valence-corrected chi connectivity index (χ1v) is 7.69. The van der Waals surface area contributed by atoms with Crippen molar-refractivity contribution in [3.05, 3.63) is 47.8 Å². The van der Waals surface area contributed by atoms with E-state index in [1.807, 2.05) is 10.9 Å². The molecule has 2 aromatic rings. The maximum Gasteiger partial charge on any atom is 0.157 e. The lowest BCUT2D eigenvalue weighted by Crippen LogP contribution is -2.15. The van der Waals surface area contributed by atoms with Gasteiger partial charge in [0.05, 0.1) is 12.4 Å². The molecule has 1 fully saturated rings. The Balaban J connectivity index is 1.49. The van der Waals surface area contributed by atoms with E-state index >= 15 is 0 Å². The van der Waals surface area contributed by atoms with Gasteiger partial charge in [-0.25, -0.2) is 0 Å². The van der Waals surface area contributed by atoms with Crippen LogP contribution < -0.4 is 10.1 Å². The van der Waals surface area contributed by atoms with Gasteiger partial charge in [-0.3, -0.25) is 4.68 Å². The lowest BCUT2D eigenvalue weighted by molar-refractivity contribution is 0.305. The molecule has 4 heteroatoms. The van der Waals surface area contributed by atoms with Crippen LogP contribution in [0, 0.1) is 0 Å². The third-order valence-corrected chi connectivity index (χ3v) is 3.71. The summed E-state index contributed by atoms with van der Waals surface area (Å²) >= 11 is 0. The van der Waals surface area contributed by atoms with E-state index < -0.39 is 0 Å². The van der Waals surface area contributed by atoms with Gasteiger partial charge in [-0.15, -0.1) is 0 Å². The summed E-state index contributed by atoms with van der Waals surface area (Å²) < 4.78 is 7.68. The van der Waals surface area contributed by atoms with Gasteiger partial charge in [-0.05, 0) is 37.8 Å². The number of benzene rings is 1. The van der Waals surface area contributed by atoms with Crippen LogP contribution in [0.5, 0.6) is 5.75 Å². The number of hydrogen-bond donors (Lipinski definition) is 1. The molecule has 1 aromatic heterocycles. The fraction of sp³-hybridized carbons (Fsp3) is 0.471. The number of rotatable bonds is 7. The third kappa shape index (κ3) is 4.08. The molecule has 1 aliphatic carbocycles. The van der Waals surface area contributed by atoms with Crippen molar-refractivity contribution in [3.63, 3.8) is 0 Å². The van der Waals surface area contributed by atoms with E-state index in [9.17, 15) is 0 Å². The fourth-order valence-electron chi connectivity index (χ4n) is 2.15. The monoisotopic (exact) mass is 285 g/mol. The maximum absolute atomic E-state index is 5.77. The van der Waals surface area contributed by atoms with E-state index in [1.54, 1.807) is 6.20 Å². The normalized spacial score (nSPS) is 14.6. The van der Waals surface area contributed by atoms with Gasteiger partial charge >= 0.3 is 0 Å². The van der Waals surface area contributed by atoms with Crippen molar-refractivity contribution in [2.24, 2.45) is 0 Å². The van der Waals surface area contributed by atoms with Gasteiger partial charge in [0.15, 0.2) is 5.75 Å². The van der Waals surface area contributed by atoms with Crippen molar-refractivity contribution in [1.82, 2.24) is 15.1 Å². The predicted molar refractivity (Wildman–Crippen MR) is 83.2 cm³/mol. The lowest BCUT2D eigenvalue weighted by Gasteiger charge is -2.07. The van der Waals surface area contributed by atoms with Gasteiger partial charge in [0.25, 0.3) is 0 Å². The molecule has 1 N–H and O–H groups in total. The van der Waals surface area contributed by atoms with Gasteiger partial charge in [0.1, 0.15) is 6.61 Å². The highest BCUT2D eigenvalue weighted by Gasteiger charge is 2.19. The minimum Gasteiger partial charge on any atom is -0.486 e. The molecule has 0 aliphatic heterocycles. The molecule has 0 radical (unpaired) electrons. The molecule has 3 rings (SSSR count). The zero-order valence-electron chi connectivity index (χ0n) is 12.7. The first-order chi connectivity index (χ1) is 10.2. The van der Waals surface area contributed by atoms with Crippen LogP contribution in [0.25, 0.3) is 0 Å². The summed E-state index contributed by atoms with van der Waals surface area (Å²) in [6.07, 6.45) is 6.37. The topological polar surface area (TPSA) is 39.1 Å². The molecular formula is C17H23N3O. The number of hydrogen-bond acceptors (Lipinski definition) is 3. The summed E-state index contributed by atoms with van der Waals surface area (Å²) in [4.78, 5) is 0. The predicted octanol–water partition coefficient (Wildman–Crippen LogP) is 3.30. The first kappa shape index (κ1) is 14.1. The van der Waals surface area contributed by atoms with E-state index in [0.717, 1.165) is 18.3 Å². The average Bonchev–Trinajstić information content (AvgIpc) is 3.19. The molecule has 112 valence electrons. The molecule has 1 aromatic carbocycles. The number of nitrogens with zero attached hydrogens (tertiary/aromatic N) is 2. The summed E-state index contributed by atoms with van der Waals surface area (Å²) in [6, 6.07) is 9.73. The molecule has 0 unspecified atom stereocenters. The summed E-state index contributed by atoms with van der Waals surface area (Å²) in [5, 5.41) is 7.79. The largest absolute Gasteiger partial charge is 0.486 e. The Kier molecular flexibility index (Phi) is 4.25. The van der Waals surface area contributed by atoms with Crippen LogP contribution in [0.4, 0.5) is 0 Å². The highest BCUT2D eigenvalue weighted by atomic mass is 16.5. The highest BCUT2D eigenvalue weighted by molar-refractivity contribution is 5.23. The highest BCUT2D eigenvalue weighted by Crippen LogP contribution is 2.19. The number of aromatic nitrogens is 2. The van der Waals surface area contributed by atoms with Crippen molar-refractivity contribution < 1.29 is 4.74 Å². The Morgan fingerprint density at radius 2 is 1.95 bits per heavy atom. The van der Waals surface area contributed by atoms with Crippen LogP contribution in [0.1, 0.15) is 43.9 Å². The van der Waals surface area contributed by atoms with Gasteiger partial charge < -0.3 is 10.1 Å². The zero-order valence-corrected chi connectivity index (χ0v) is 12.7. The van der Waals surface area contributed by atoms with Gasteiger partial charge in [-0.1, -0.05) is 24.3 Å². The average molecular weight is 285 g/mol. The quantitative estimate of drug-likeness (QED) is 0.848. The Morgan fingerprint density at radius 1 is 1.24 bits per heavy atom. The van der Waals surface area contributed by atoms with E-state index in [0.29, 0.717) is 12.6 Å². The van der Waals surface area contributed by atoms with E-state index in [4.69, 9.17) is 4.74 Å². The molecule has 4 nitrogen and oxygen atoms in total. The van der Waals surface area contributed by atoms with E-state index in [2.05, 4.69) is 48.5 Å². The number of nitrogens with one attached hydrogen (secondary N) is 1. The molecule has 1 aliphatic rings. The van der Waals surface area contributed by atoms with Crippen molar-refractivity contribution >= 4 is 0 Å². The van der Waals surface area contributed by atoms with Crippen molar-refractivity contribution in [2.45, 2.75) is 51.9 Å². The molecule has 1 heterocycles. The van der Waals surface area contributed by atoms with Crippen LogP contribution >= 0.6 is 0 Å². The van der Waals surface area contributed by atoms with Crippen molar-refractivity contribution in [2.75, 3.05) is 0 Å². The van der Waals surface area contributed by atoms with Crippen LogP contribution in [-0.4, -0.2) is 15.8 Å². The Hall–Kier alpha value is -1.81. The molecular weight excluding hydrogens is 262 g/mol. The third-order valence-electron chi connectivity index (χ3n) is 3.71. The molecule has 0 amide bonds. The zero-order chi connectivity index (χ0) is 14.7. The Labute approximate surface area is 126 Å². The molecule has 0 bridgehead atoms. The second-order valence-corrected chi connectivity index (χ2v) is 6.01. The Bertz CT molecular complexity index is 570. The fourth-order valence-corrected chi connectivity index (χ4v) is 2.15. The summed E-state index contributed by atoms with van der Waals surface area (Å²) in [5.41, 5.74) is 2.51. The summed E-state index contributed by atoms with van der Waals surface area (Å²) in [6.45, 7) is 5.75. The van der Waals surface area contributed by atoms with Crippen LogP contribution in [0.3, 0.4) is 0 Å². The molecule has 0 saturated heterocycles. The molecule has 21 heavy (non-hydrogen) atoms. The van der Waals surface area contributed by atoms with Crippen molar-refractivity contribution in [1.29, 1.82) is 0 Å².